The Balaban J connectivity index is 1.68. The molecule has 7 heteroatoms. The molecule has 0 bridgehead atoms. The predicted octanol–water partition coefficient (Wildman–Crippen LogP) is 4.93. The first kappa shape index (κ1) is 18.2. The van der Waals surface area contributed by atoms with Crippen molar-refractivity contribution in [3.8, 4) is 0 Å². The summed E-state index contributed by atoms with van der Waals surface area (Å²) in [5.74, 6) is 0.253. The number of aryl methyl sites for hydroxylation is 2. The smallest absolute Gasteiger partial charge is 0.230 e. The summed E-state index contributed by atoms with van der Waals surface area (Å²) in [7, 11) is 0. The van der Waals surface area contributed by atoms with Crippen LogP contribution in [0.15, 0.2) is 35.6 Å². The largest absolute Gasteiger partial charge is 0.349 e. The van der Waals surface area contributed by atoms with Crippen LogP contribution in [0.5, 0.6) is 0 Å². The first-order valence-corrected chi connectivity index (χ1v) is 10.0. The minimum absolute atomic E-state index is 0.0474. The van der Waals surface area contributed by atoms with Gasteiger partial charge in [0.1, 0.15) is 16.2 Å². The molecular weight excluding hydrogens is 374 g/mol. The highest BCUT2D eigenvalue weighted by Gasteiger charge is 2.15. The molecule has 3 rings (SSSR count). The molecule has 0 saturated heterocycles. The van der Waals surface area contributed by atoms with Crippen LogP contribution in [0.1, 0.15) is 29.0 Å². The molecule has 0 aliphatic heterocycles. The molecule has 1 atom stereocenters. The van der Waals surface area contributed by atoms with Crippen LogP contribution in [0.4, 0.5) is 0 Å². The van der Waals surface area contributed by atoms with Crippen molar-refractivity contribution in [3.05, 3.63) is 51.6 Å². The number of halogens is 1. The maximum atomic E-state index is 12.3. The third-order valence-electron chi connectivity index (χ3n) is 4.02. The molecule has 0 saturated carbocycles. The van der Waals surface area contributed by atoms with E-state index in [1.807, 2.05) is 31.2 Å². The number of hydrogen-bond donors (Lipinski definition) is 1. The van der Waals surface area contributed by atoms with E-state index in [-0.39, 0.29) is 11.9 Å². The normalized spacial score (nSPS) is 12.3. The van der Waals surface area contributed by atoms with Gasteiger partial charge in [-0.3, -0.25) is 4.79 Å². The Morgan fingerprint density at radius 1 is 1.32 bits per heavy atom. The third-order valence-corrected chi connectivity index (χ3v) is 6.47. The Morgan fingerprint density at radius 3 is 2.84 bits per heavy atom. The van der Waals surface area contributed by atoms with Gasteiger partial charge in [-0.05, 0) is 38.0 Å². The number of hydrogen-bond acceptors (Lipinski definition) is 5. The van der Waals surface area contributed by atoms with Crippen LogP contribution in [0.25, 0.3) is 10.2 Å². The van der Waals surface area contributed by atoms with Crippen LogP contribution < -0.4 is 5.32 Å². The second kappa shape index (κ2) is 7.72. The Morgan fingerprint density at radius 2 is 2.08 bits per heavy atom. The zero-order chi connectivity index (χ0) is 18.0. The number of thiophene rings is 1. The van der Waals surface area contributed by atoms with Crippen molar-refractivity contribution in [2.75, 3.05) is 5.75 Å². The van der Waals surface area contributed by atoms with E-state index in [2.05, 4.69) is 29.1 Å². The number of thioether (sulfide) groups is 1. The fraction of sp³-hybridized carbons (Fsp3) is 0.278. The molecule has 0 aliphatic carbocycles. The van der Waals surface area contributed by atoms with Gasteiger partial charge in [0.2, 0.25) is 5.91 Å². The Hall–Kier alpha value is -1.63. The van der Waals surface area contributed by atoms with Crippen molar-refractivity contribution in [1.29, 1.82) is 0 Å². The van der Waals surface area contributed by atoms with Crippen LogP contribution in [0.2, 0.25) is 5.02 Å². The SMILES string of the molecule is Cc1sc2ncnc(SCC(=O)N[C@@H](C)c3ccccc3Cl)c2c1C. The number of carbonyl (C=O) groups is 1. The summed E-state index contributed by atoms with van der Waals surface area (Å²) < 4.78 is 0. The average Bonchev–Trinajstić information content (AvgIpc) is 2.88. The molecule has 1 aromatic carbocycles. The van der Waals surface area contributed by atoms with Crippen molar-refractivity contribution in [1.82, 2.24) is 15.3 Å². The summed E-state index contributed by atoms with van der Waals surface area (Å²) in [6, 6.07) is 7.40. The minimum Gasteiger partial charge on any atom is -0.349 e. The quantitative estimate of drug-likeness (QED) is 0.494. The first-order chi connectivity index (χ1) is 12.0. The van der Waals surface area contributed by atoms with Crippen LogP contribution >= 0.6 is 34.7 Å². The average molecular weight is 392 g/mol. The van der Waals surface area contributed by atoms with E-state index in [0.29, 0.717) is 10.8 Å². The van der Waals surface area contributed by atoms with Gasteiger partial charge in [0, 0.05) is 15.3 Å². The first-order valence-electron chi connectivity index (χ1n) is 7.84. The summed E-state index contributed by atoms with van der Waals surface area (Å²) in [5.41, 5.74) is 2.10. The summed E-state index contributed by atoms with van der Waals surface area (Å²) >= 11 is 9.28. The van der Waals surface area contributed by atoms with Crippen LogP contribution in [0.3, 0.4) is 0 Å². The van der Waals surface area contributed by atoms with Crippen LogP contribution in [-0.4, -0.2) is 21.6 Å². The number of carbonyl (C=O) groups excluding carboxylic acids is 1. The van der Waals surface area contributed by atoms with Gasteiger partial charge >= 0.3 is 0 Å². The number of benzene rings is 1. The van der Waals surface area contributed by atoms with E-state index >= 15 is 0 Å². The maximum absolute atomic E-state index is 12.3. The molecule has 0 fully saturated rings. The maximum Gasteiger partial charge on any atom is 0.230 e. The molecule has 0 aliphatic rings. The molecule has 0 radical (unpaired) electrons. The fourth-order valence-corrected chi connectivity index (χ4v) is 4.81. The van der Waals surface area contributed by atoms with Crippen LogP contribution in [-0.2, 0) is 4.79 Å². The molecule has 2 aromatic heterocycles. The Kier molecular flexibility index (Phi) is 5.61. The van der Waals surface area contributed by atoms with Gasteiger partial charge in [-0.15, -0.1) is 11.3 Å². The van der Waals surface area contributed by atoms with Crippen molar-refractivity contribution < 1.29 is 4.79 Å². The summed E-state index contributed by atoms with van der Waals surface area (Å²) in [6.07, 6.45) is 1.56. The van der Waals surface area contributed by atoms with Gasteiger partial charge in [0.05, 0.1) is 11.8 Å². The van der Waals surface area contributed by atoms with Crippen molar-refractivity contribution in [2.24, 2.45) is 0 Å². The van der Waals surface area contributed by atoms with E-state index < -0.39 is 0 Å². The van der Waals surface area contributed by atoms with E-state index in [1.54, 1.807) is 17.7 Å². The van der Waals surface area contributed by atoms with Gasteiger partial charge in [-0.1, -0.05) is 41.6 Å². The van der Waals surface area contributed by atoms with Gasteiger partial charge in [-0.25, -0.2) is 9.97 Å². The number of rotatable bonds is 5. The van der Waals surface area contributed by atoms with E-state index in [4.69, 9.17) is 11.6 Å². The highest BCUT2D eigenvalue weighted by atomic mass is 35.5. The van der Waals surface area contributed by atoms with Crippen molar-refractivity contribution in [3.63, 3.8) is 0 Å². The lowest BCUT2D eigenvalue weighted by molar-refractivity contribution is -0.119. The lowest BCUT2D eigenvalue weighted by atomic mass is 10.1. The number of amides is 1. The van der Waals surface area contributed by atoms with E-state index in [0.717, 1.165) is 20.8 Å². The summed E-state index contributed by atoms with van der Waals surface area (Å²) in [4.78, 5) is 23.2. The molecule has 130 valence electrons. The lowest BCUT2D eigenvalue weighted by Crippen LogP contribution is -2.28. The molecule has 2 heterocycles. The van der Waals surface area contributed by atoms with Crippen LogP contribution in [0, 0.1) is 13.8 Å². The zero-order valence-corrected chi connectivity index (χ0v) is 16.6. The van der Waals surface area contributed by atoms with Crippen molar-refractivity contribution in [2.45, 2.75) is 31.8 Å². The van der Waals surface area contributed by atoms with Gasteiger partial charge in [0.25, 0.3) is 0 Å². The lowest BCUT2D eigenvalue weighted by Gasteiger charge is -2.15. The minimum atomic E-state index is -0.141. The third kappa shape index (κ3) is 3.97. The van der Waals surface area contributed by atoms with Gasteiger partial charge < -0.3 is 5.32 Å². The molecule has 1 N–H and O–H groups in total. The molecule has 25 heavy (non-hydrogen) atoms. The number of nitrogens with zero attached hydrogens (tertiary/aromatic N) is 2. The molecule has 1 amide bonds. The topological polar surface area (TPSA) is 54.9 Å². The summed E-state index contributed by atoms with van der Waals surface area (Å²) in [6.45, 7) is 6.08. The highest BCUT2D eigenvalue weighted by molar-refractivity contribution is 8.00. The van der Waals surface area contributed by atoms with E-state index in [1.165, 1.54) is 22.2 Å². The molecule has 0 unspecified atom stereocenters. The predicted molar refractivity (Wildman–Crippen MR) is 106 cm³/mol. The van der Waals surface area contributed by atoms with Gasteiger partial charge in [-0.2, -0.15) is 0 Å². The monoisotopic (exact) mass is 391 g/mol. The highest BCUT2D eigenvalue weighted by Crippen LogP contribution is 2.34. The standard InChI is InChI=1S/C18H18ClN3OS2/c1-10-12(3)25-18-16(10)17(20-9-21-18)24-8-15(23)22-11(2)13-6-4-5-7-14(13)19/h4-7,9,11H,8H2,1-3H3,(H,22,23)/t11-/m0/s1. The fourth-order valence-electron chi connectivity index (χ4n) is 2.58. The van der Waals surface area contributed by atoms with Gasteiger partial charge in [0.15, 0.2) is 0 Å². The number of fused-ring (bicyclic) bond motifs is 1. The summed E-state index contributed by atoms with van der Waals surface area (Å²) in [5, 5.41) is 5.56. The Labute approximate surface area is 160 Å². The zero-order valence-electron chi connectivity index (χ0n) is 14.2. The number of nitrogens with one attached hydrogen (secondary N) is 1. The van der Waals surface area contributed by atoms with Crippen molar-refractivity contribution >= 4 is 50.8 Å². The number of aromatic nitrogens is 2. The molecular formula is C18H18ClN3OS2. The molecule has 0 spiro atoms. The molecule has 4 nitrogen and oxygen atoms in total. The Bertz CT molecular complexity index is 926. The van der Waals surface area contributed by atoms with E-state index in [9.17, 15) is 4.79 Å². The molecule has 3 aromatic rings. The second-order valence-corrected chi connectivity index (χ2v) is 8.32. The second-order valence-electron chi connectivity index (χ2n) is 5.74.